The van der Waals surface area contributed by atoms with Gasteiger partial charge in [-0.2, -0.15) is 0 Å². The summed E-state index contributed by atoms with van der Waals surface area (Å²) in [6.45, 7) is 5.94. The lowest BCUT2D eigenvalue weighted by molar-refractivity contribution is -0.120. The molecular formula is C12H26N4O2. The first kappa shape index (κ1) is 16.7. The number of amides is 1. The average Bonchev–Trinajstić information content (AvgIpc) is 2.35. The molecule has 106 valence electrons. The Hall–Kier alpha value is -1.30. The highest BCUT2D eigenvalue weighted by atomic mass is 16.5. The fourth-order valence-electron chi connectivity index (χ4n) is 1.37. The zero-order valence-electron chi connectivity index (χ0n) is 11.9. The standard InChI is InChI=1S/C12H26N4O2/c1-5-7-14-11(17)6-8-15-12(13-3)16-10(2)9-18-4/h10H,5-9H2,1-4H3,(H,14,17)(H2,13,15,16). The summed E-state index contributed by atoms with van der Waals surface area (Å²) >= 11 is 0. The number of rotatable bonds is 8. The Morgan fingerprint density at radius 2 is 2.06 bits per heavy atom. The Balaban J connectivity index is 3.78. The van der Waals surface area contributed by atoms with E-state index in [0.29, 0.717) is 25.5 Å². The number of carbonyl (C=O) groups excluding carboxylic acids is 1. The van der Waals surface area contributed by atoms with Crippen LogP contribution in [-0.2, 0) is 9.53 Å². The van der Waals surface area contributed by atoms with Crippen LogP contribution in [0.4, 0.5) is 0 Å². The fraction of sp³-hybridized carbons (Fsp3) is 0.833. The van der Waals surface area contributed by atoms with E-state index in [0.717, 1.165) is 13.0 Å². The van der Waals surface area contributed by atoms with Crippen LogP contribution < -0.4 is 16.0 Å². The van der Waals surface area contributed by atoms with Gasteiger partial charge < -0.3 is 20.7 Å². The third-order valence-corrected chi connectivity index (χ3v) is 2.24. The molecule has 0 aromatic heterocycles. The third-order valence-electron chi connectivity index (χ3n) is 2.24. The van der Waals surface area contributed by atoms with Gasteiger partial charge in [0.1, 0.15) is 0 Å². The number of nitrogens with zero attached hydrogens (tertiary/aromatic N) is 1. The van der Waals surface area contributed by atoms with Crippen LogP contribution in [0.25, 0.3) is 0 Å². The second kappa shape index (κ2) is 10.8. The van der Waals surface area contributed by atoms with Gasteiger partial charge in [-0.05, 0) is 13.3 Å². The Bertz CT molecular complexity index is 256. The minimum atomic E-state index is 0.0599. The van der Waals surface area contributed by atoms with Crippen LogP contribution >= 0.6 is 0 Å². The van der Waals surface area contributed by atoms with Crippen molar-refractivity contribution in [3.63, 3.8) is 0 Å². The molecule has 0 aliphatic heterocycles. The number of guanidine groups is 1. The van der Waals surface area contributed by atoms with Crippen LogP contribution in [-0.4, -0.2) is 51.8 Å². The molecule has 6 heteroatoms. The van der Waals surface area contributed by atoms with E-state index in [-0.39, 0.29) is 11.9 Å². The molecule has 0 spiro atoms. The number of methoxy groups -OCH3 is 1. The number of aliphatic imine (C=N–C) groups is 1. The van der Waals surface area contributed by atoms with E-state index in [9.17, 15) is 4.79 Å². The highest BCUT2D eigenvalue weighted by Gasteiger charge is 2.05. The first-order valence-corrected chi connectivity index (χ1v) is 6.36. The van der Waals surface area contributed by atoms with Crippen LogP contribution in [0.3, 0.4) is 0 Å². The molecule has 18 heavy (non-hydrogen) atoms. The van der Waals surface area contributed by atoms with Gasteiger partial charge in [-0.25, -0.2) is 0 Å². The normalized spacial score (nSPS) is 13.0. The summed E-state index contributed by atoms with van der Waals surface area (Å²) in [4.78, 5) is 15.4. The summed E-state index contributed by atoms with van der Waals surface area (Å²) in [6, 6.07) is 0.176. The molecule has 0 aromatic carbocycles. The maximum atomic E-state index is 11.4. The van der Waals surface area contributed by atoms with E-state index in [4.69, 9.17) is 4.74 Å². The van der Waals surface area contributed by atoms with Crippen molar-refractivity contribution < 1.29 is 9.53 Å². The minimum absolute atomic E-state index is 0.0599. The zero-order valence-corrected chi connectivity index (χ0v) is 11.9. The Morgan fingerprint density at radius 1 is 1.33 bits per heavy atom. The second-order valence-electron chi connectivity index (χ2n) is 4.10. The van der Waals surface area contributed by atoms with Crippen LogP contribution in [0.1, 0.15) is 26.7 Å². The van der Waals surface area contributed by atoms with E-state index in [1.54, 1.807) is 14.2 Å². The fourth-order valence-corrected chi connectivity index (χ4v) is 1.37. The molecule has 0 aliphatic carbocycles. The van der Waals surface area contributed by atoms with Crippen molar-refractivity contribution in [2.24, 2.45) is 4.99 Å². The van der Waals surface area contributed by atoms with Crippen molar-refractivity contribution in [1.82, 2.24) is 16.0 Å². The van der Waals surface area contributed by atoms with Gasteiger partial charge in [-0.1, -0.05) is 6.92 Å². The van der Waals surface area contributed by atoms with Gasteiger partial charge in [-0.3, -0.25) is 9.79 Å². The molecule has 0 fully saturated rings. The summed E-state index contributed by atoms with van der Waals surface area (Å²) in [5.74, 6) is 0.743. The van der Waals surface area contributed by atoms with Crippen molar-refractivity contribution in [2.45, 2.75) is 32.7 Å². The lowest BCUT2D eigenvalue weighted by Crippen LogP contribution is -2.44. The summed E-state index contributed by atoms with van der Waals surface area (Å²) in [5, 5.41) is 9.08. The molecule has 0 saturated heterocycles. The van der Waals surface area contributed by atoms with E-state index < -0.39 is 0 Å². The quantitative estimate of drug-likeness (QED) is 0.426. The highest BCUT2D eigenvalue weighted by molar-refractivity contribution is 5.81. The zero-order chi connectivity index (χ0) is 13.8. The molecule has 0 aromatic rings. The first-order chi connectivity index (χ1) is 8.63. The van der Waals surface area contributed by atoms with Crippen LogP contribution in [0.15, 0.2) is 4.99 Å². The van der Waals surface area contributed by atoms with Crippen LogP contribution in [0.2, 0.25) is 0 Å². The van der Waals surface area contributed by atoms with E-state index in [1.165, 1.54) is 0 Å². The summed E-state index contributed by atoms with van der Waals surface area (Å²) in [7, 11) is 3.36. The smallest absolute Gasteiger partial charge is 0.221 e. The van der Waals surface area contributed by atoms with Gasteiger partial charge >= 0.3 is 0 Å². The predicted molar refractivity (Wildman–Crippen MR) is 73.8 cm³/mol. The highest BCUT2D eigenvalue weighted by Crippen LogP contribution is 1.84. The van der Waals surface area contributed by atoms with E-state index in [2.05, 4.69) is 20.9 Å². The monoisotopic (exact) mass is 258 g/mol. The van der Waals surface area contributed by atoms with Crippen molar-refractivity contribution in [3.8, 4) is 0 Å². The molecule has 6 nitrogen and oxygen atoms in total. The van der Waals surface area contributed by atoms with Gasteiger partial charge in [0.15, 0.2) is 5.96 Å². The van der Waals surface area contributed by atoms with Gasteiger partial charge in [0, 0.05) is 39.7 Å². The van der Waals surface area contributed by atoms with Crippen molar-refractivity contribution in [2.75, 3.05) is 33.9 Å². The molecule has 3 N–H and O–H groups in total. The predicted octanol–water partition coefficient (Wildman–Crippen LogP) is 0.103. The Morgan fingerprint density at radius 3 is 2.61 bits per heavy atom. The maximum absolute atomic E-state index is 11.4. The lowest BCUT2D eigenvalue weighted by Gasteiger charge is -2.17. The second-order valence-corrected chi connectivity index (χ2v) is 4.10. The van der Waals surface area contributed by atoms with Gasteiger partial charge in [0.25, 0.3) is 0 Å². The SMILES string of the molecule is CCCNC(=O)CCNC(=NC)NC(C)COC. The number of hydrogen-bond acceptors (Lipinski definition) is 3. The third kappa shape index (κ3) is 8.81. The summed E-state index contributed by atoms with van der Waals surface area (Å²) in [6.07, 6.45) is 1.40. The molecule has 0 saturated carbocycles. The molecule has 1 unspecified atom stereocenters. The van der Waals surface area contributed by atoms with E-state index in [1.807, 2.05) is 13.8 Å². The molecule has 0 radical (unpaired) electrons. The number of carbonyl (C=O) groups is 1. The summed E-state index contributed by atoms with van der Waals surface area (Å²) in [5.41, 5.74) is 0. The molecule has 1 atom stereocenters. The maximum Gasteiger partial charge on any atom is 0.221 e. The summed E-state index contributed by atoms with van der Waals surface area (Å²) < 4.78 is 5.03. The molecule has 0 heterocycles. The molecule has 0 bridgehead atoms. The van der Waals surface area contributed by atoms with Gasteiger partial charge in [0.05, 0.1) is 6.61 Å². The molecule has 0 aliphatic rings. The van der Waals surface area contributed by atoms with Crippen molar-refractivity contribution in [1.29, 1.82) is 0 Å². The number of nitrogens with one attached hydrogen (secondary N) is 3. The van der Waals surface area contributed by atoms with E-state index >= 15 is 0 Å². The van der Waals surface area contributed by atoms with Gasteiger partial charge in [-0.15, -0.1) is 0 Å². The van der Waals surface area contributed by atoms with Crippen molar-refractivity contribution >= 4 is 11.9 Å². The molecule has 0 rings (SSSR count). The first-order valence-electron chi connectivity index (χ1n) is 6.36. The Labute approximate surface area is 110 Å². The number of ether oxygens (including phenoxy) is 1. The number of hydrogen-bond donors (Lipinski definition) is 3. The van der Waals surface area contributed by atoms with Crippen LogP contribution in [0.5, 0.6) is 0 Å². The molecule has 1 amide bonds. The average molecular weight is 258 g/mol. The van der Waals surface area contributed by atoms with Crippen molar-refractivity contribution in [3.05, 3.63) is 0 Å². The van der Waals surface area contributed by atoms with Crippen LogP contribution in [0, 0.1) is 0 Å². The molecular weight excluding hydrogens is 232 g/mol. The van der Waals surface area contributed by atoms with Gasteiger partial charge in [0.2, 0.25) is 5.91 Å². The lowest BCUT2D eigenvalue weighted by atomic mass is 10.3. The largest absolute Gasteiger partial charge is 0.383 e. The topological polar surface area (TPSA) is 74.8 Å². The Kier molecular flexibility index (Phi) is 10.0. The minimum Gasteiger partial charge on any atom is -0.383 e.